The van der Waals surface area contributed by atoms with Crippen molar-refractivity contribution >= 4 is 22.5 Å². The first-order valence-corrected chi connectivity index (χ1v) is 6.33. The van der Waals surface area contributed by atoms with E-state index in [1.807, 2.05) is 0 Å². The van der Waals surface area contributed by atoms with Crippen LogP contribution in [0.2, 0.25) is 0 Å². The molecule has 0 fully saturated rings. The summed E-state index contributed by atoms with van der Waals surface area (Å²) in [5.74, 6) is -0.142. The van der Waals surface area contributed by atoms with E-state index in [0.717, 1.165) is 6.07 Å². The van der Waals surface area contributed by atoms with Crippen LogP contribution in [0.5, 0.6) is 0 Å². The molecule has 7 heteroatoms. The van der Waals surface area contributed by atoms with Crippen LogP contribution in [-0.4, -0.2) is 24.5 Å². The second-order valence-electron chi connectivity index (χ2n) is 4.41. The van der Waals surface area contributed by atoms with Gasteiger partial charge in [-0.2, -0.15) is 13.2 Å². The molecule has 0 bridgehead atoms. The molecule has 1 amide bonds. The molecule has 1 heterocycles. The first kappa shape index (κ1) is 15.1. The first-order chi connectivity index (χ1) is 9.93. The van der Waals surface area contributed by atoms with E-state index in [-0.39, 0.29) is 17.8 Å². The highest BCUT2D eigenvalue weighted by atomic mass is 19.4. The number of hydrogen-bond acceptors (Lipinski definition) is 3. The number of nitrogens with zero attached hydrogens (tertiary/aromatic N) is 1. The van der Waals surface area contributed by atoms with E-state index in [0.29, 0.717) is 17.6 Å². The fraction of sp³-hybridized carbons (Fsp3) is 0.286. The van der Waals surface area contributed by atoms with Crippen LogP contribution in [0.3, 0.4) is 0 Å². The van der Waals surface area contributed by atoms with E-state index in [1.54, 1.807) is 12.1 Å². The number of carbonyl (C=O) groups is 1. The van der Waals surface area contributed by atoms with Gasteiger partial charge in [0.25, 0.3) is 0 Å². The molecule has 2 rings (SSSR count). The summed E-state index contributed by atoms with van der Waals surface area (Å²) >= 11 is 0. The lowest BCUT2D eigenvalue weighted by molar-refractivity contribution is -0.136. The van der Waals surface area contributed by atoms with Crippen molar-refractivity contribution in [3.05, 3.63) is 36.0 Å². The number of halogens is 3. The summed E-state index contributed by atoms with van der Waals surface area (Å²) in [6.45, 7) is 0.328. The molecule has 2 aromatic rings. The van der Waals surface area contributed by atoms with Crippen molar-refractivity contribution < 1.29 is 18.0 Å². The molecule has 4 nitrogen and oxygen atoms in total. The number of pyridine rings is 1. The van der Waals surface area contributed by atoms with Gasteiger partial charge in [-0.05, 0) is 12.1 Å². The highest BCUT2D eigenvalue weighted by Gasteiger charge is 2.33. The molecule has 112 valence electrons. The van der Waals surface area contributed by atoms with Gasteiger partial charge in [-0.1, -0.05) is 12.1 Å². The second kappa shape index (κ2) is 5.99. The Morgan fingerprint density at radius 2 is 2.05 bits per heavy atom. The standard InChI is InChI=1S/C14H14F3N3O/c1-18-12(21)6-8-19-11-5-7-20-13-9(11)3-2-4-10(13)14(15,16)17/h2-5,7H,6,8H2,1H3,(H,18,21)(H,19,20). The van der Waals surface area contributed by atoms with Gasteiger partial charge >= 0.3 is 6.18 Å². The zero-order valence-electron chi connectivity index (χ0n) is 11.3. The minimum Gasteiger partial charge on any atom is -0.384 e. The first-order valence-electron chi connectivity index (χ1n) is 6.33. The van der Waals surface area contributed by atoms with Gasteiger partial charge < -0.3 is 10.6 Å². The Morgan fingerprint density at radius 3 is 2.71 bits per heavy atom. The van der Waals surface area contributed by atoms with Crippen LogP contribution in [0.15, 0.2) is 30.5 Å². The Kier molecular flexibility index (Phi) is 4.30. The Morgan fingerprint density at radius 1 is 1.29 bits per heavy atom. The third-order valence-electron chi connectivity index (χ3n) is 3.02. The summed E-state index contributed by atoms with van der Waals surface area (Å²) in [6, 6.07) is 5.51. The van der Waals surface area contributed by atoms with Crippen LogP contribution in [0.1, 0.15) is 12.0 Å². The van der Waals surface area contributed by atoms with Gasteiger partial charge in [0, 0.05) is 37.3 Å². The van der Waals surface area contributed by atoms with Crippen molar-refractivity contribution in [3.8, 4) is 0 Å². The number of benzene rings is 1. The molecule has 0 saturated carbocycles. The lowest BCUT2D eigenvalue weighted by atomic mass is 10.1. The molecule has 2 N–H and O–H groups in total. The summed E-state index contributed by atoms with van der Waals surface area (Å²) < 4.78 is 38.8. The van der Waals surface area contributed by atoms with Crippen LogP contribution in [-0.2, 0) is 11.0 Å². The number of fused-ring (bicyclic) bond motifs is 1. The summed E-state index contributed by atoms with van der Waals surface area (Å²) in [7, 11) is 1.53. The minimum absolute atomic E-state index is 0.102. The average molecular weight is 297 g/mol. The Balaban J connectivity index is 2.32. The molecule has 0 saturated heterocycles. The van der Waals surface area contributed by atoms with Gasteiger partial charge in [-0.3, -0.25) is 9.78 Å². The summed E-state index contributed by atoms with van der Waals surface area (Å²) in [6.07, 6.45) is -2.90. The van der Waals surface area contributed by atoms with Crippen LogP contribution in [0, 0.1) is 0 Å². The van der Waals surface area contributed by atoms with E-state index in [9.17, 15) is 18.0 Å². The molecule has 0 aliphatic rings. The van der Waals surface area contributed by atoms with Crippen LogP contribution in [0.4, 0.5) is 18.9 Å². The molecule has 0 atom stereocenters. The molecular weight excluding hydrogens is 283 g/mol. The number of aromatic nitrogens is 1. The van der Waals surface area contributed by atoms with Crippen molar-refractivity contribution in [3.63, 3.8) is 0 Å². The second-order valence-corrected chi connectivity index (χ2v) is 4.41. The largest absolute Gasteiger partial charge is 0.418 e. The van der Waals surface area contributed by atoms with Crippen molar-refractivity contribution in [1.82, 2.24) is 10.3 Å². The molecule has 0 aliphatic heterocycles. The molecule has 0 unspecified atom stereocenters. The average Bonchev–Trinajstić information content (AvgIpc) is 2.45. The zero-order chi connectivity index (χ0) is 15.5. The third-order valence-corrected chi connectivity index (χ3v) is 3.02. The summed E-state index contributed by atoms with van der Waals surface area (Å²) in [5.41, 5.74) is -0.347. The maximum atomic E-state index is 12.9. The van der Waals surface area contributed by atoms with E-state index >= 15 is 0 Å². The summed E-state index contributed by atoms with van der Waals surface area (Å²) in [4.78, 5) is 15.0. The normalized spacial score (nSPS) is 11.4. The fourth-order valence-corrected chi connectivity index (χ4v) is 1.99. The van der Waals surface area contributed by atoms with E-state index in [2.05, 4.69) is 15.6 Å². The van der Waals surface area contributed by atoms with E-state index in [1.165, 1.54) is 19.3 Å². The molecular formula is C14H14F3N3O. The quantitative estimate of drug-likeness (QED) is 0.912. The van der Waals surface area contributed by atoms with E-state index in [4.69, 9.17) is 0 Å². The highest BCUT2D eigenvalue weighted by molar-refractivity contribution is 5.93. The number of anilines is 1. The maximum Gasteiger partial charge on any atom is 0.418 e. The van der Waals surface area contributed by atoms with Crippen LogP contribution < -0.4 is 10.6 Å². The highest BCUT2D eigenvalue weighted by Crippen LogP contribution is 2.35. The van der Waals surface area contributed by atoms with Gasteiger partial charge in [-0.25, -0.2) is 0 Å². The molecule has 1 aromatic carbocycles. The maximum absolute atomic E-state index is 12.9. The van der Waals surface area contributed by atoms with Gasteiger partial charge in [0.2, 0.25) is 5.91 Å². The van der Waals surface area contributed by atoms with E-state index < -0.39 is 11.7 Å². The van der Waals surface area contributed by atoms with Crippen molar-refractivity contribution in [2.24, 2.45) is 0 Å². The molecule has 0 spiro atoms. The number of alkyl halides is 3. The predicted octanol–water partition coefficient (Wildman–Crippen LogP) is 2.80. The molecule has 21 heavy (non-hydrogen) atoms. The lowest BCUT2D eigenvalue weighted by Crippen LogP contribution is -2.20. The monoisotopic (exact) mass is 297 g/mol. The SMILES string of the molecule is CNC(=O)CCNc1ccnc2c(C(F)(F)F)cccc12. The minimum atomic E-state index is -4.45. The van der Waals surface area contributed by atoms with Gasteiger partial charge in [-0.15, -0.1) is 0 Å². The zero-order valence-corrected chi connectivity index (χ0v) is 11.3. The lowest BCUT2D eigenvalue weighted by Gasteiger charge is -2.13. The number of nitrogens with one attached hydrogen (secondary N) is 2. The van der Waals surface area contributed by atoms with Crippen LogP contribution >= 0.6 is 0 Å². The number of amides is 1. The predicted molar refractivity (Wildman–Crippen MR) is 73.9 cm³/mol. The summed E-state index contributed by atoms with van der Waals surface area (Å²) in [5, 5.41) is 5.82. The number of hydrogen-bond donors (Lipinski definition) is 2. The molecule has 0 aliphatic carbocycles. The van der Waals surface area contributed by atoms with Gasteiger partial charge in [0.1, 0.15) is 0 Å². The number of rotatable bonds is 4. The molecule has 0 radical (unpaired) electrons. The molecule has 1 aromatic heterocycles. The Hall–Kier alpha value is -2.31. The van der Waals surface area contributed by atoms with Gasteiger partial charge in [0.05, 0.1) is 11.1 Å². The topological polar surface area (TPSA) is 54.0 Å². The van der Waals surface area contributed by atoms with Crippen LogP contribution in [0.25, 0.3) is 10.9 Å². The van der Waals surface area contributed by atoms with Crippen molar-refractivity contribution in [1.29, 1.82) is 0 Å². The van der Waals surface area contributed by atoms with Crippen molar-refractivity contribution in [2.75, 3.05) is 18.9 Å². The Bertz CT molecular complexity index is 655. The van der Waals surface area contributed by atoms with Crippen molar-refractivity contribution in [2.45, 2.75) is 12.6 Å². The Labute approximate surface area is 119 Å². The number of para-hydroxylation sites is 1. The smallest absolute Gasteiger partial charge is 0.384 e. The fourth-order valence-electron chi connectivity index (χ4n) is 1.99. The third kappa shape index (κ3) is 3.42. The van der Waals surface area contributed by atoms with Gasteiger partial charge in [0.15, 0.2) is 0 Å². The number of carbonyl (C=O) groups excluding carboxylic acids is 1.